The molecule has 0 fully saturated rings. The molecule has 1 heterocycles. The van der Waals surface area contributed by atoms with Crippen molar-refractivity contribution in [1.82, 2.24) is 19.6 Å². The third kappa shape index (κ3) is 7.10. The predicted octanol–water partition coefficient (Wildman–Crippen LogP) is 3.67. The van der Waals surface area contributed by atoms with Crippen molar-refractivity contribution < 1.29 is 9.53 Å². The van der Waals surface area contributed by atoms with E-state index >= 15 is 0 Å². The smallest absolute Gasteiger partial charge is 0.410 e. The van der Waals surface area contributed by atoms with Crippen LogP contribution in [-0.2, 0) is 4.74 Å². The molecule has 1 amide bonds. The van der Waals surface area contributed by atoms with Crippen LogP contribution in [0.5, 0.6) is 0 Å². The Hall–Kier alpha value is -0.610. The number of aryl methyl sites for hydroxylation is 1. The fourth-order valence-corrected chi connectivity index (χ4v) is 2.92. The Morgan fingerprint density at radius 1 is 1.45 bits per heavy atom. The molecule has 0 aromatic carbocycles. The van der Waals surface area contributed by atoms with Crippen molar-refractivity contribution in [3.05, 3.63) is 23.8 Å². The molecule has 1 rings (SSSR count). The number of carbonyl (C=O) groups is 1. The van der Waals surface area contributed by atoms with Crippen LogP contribution in [0.1, 0.15) is 44.6 Å². The second-order valence-electron chi connectivity index (χ2n) is 6.02. The summed E-state index contributed by atoms with van der Waals surface area (Å²) in [6, 6.07) is 0.0277. The quantitative estimate of drug-likeness (QED) is 0.540. The SMILES string of the molecule is Cc1cnc(C(CCN(C)C(=O)OC(C)(C)C)NSI)cn1. The second kappa shape index (κ2) is 8.88. The zero-order chi connectivity index (χ0) is 16.8. The van der Waals surface area contributed by atoms with E-state index in [2.05, 4.69) is 35.9 Å². The van der Waals surface area contributed by atoms with Gasteiger partial charge in [0.2, 0.25) is 0 Å². The third-order valence-electron chi connectivity index (χ3n) is 2.80. The molecule has 1 unspecified atom stereocenters. The van der Waals surface area contributed by atoms with Gasteiger partial charge in [-0.05, 0) is 43.2 Å². The van der Waals surface area contributed by atoms with Crippen LogP contribution >= 0.6 is 30.3 Å². The summed E-state index contributed by atoms with van der Waals surface area (Å²) in [5.41, 5.74) is 1.27. The van der Waals surface area contributed by atoms with Crippen LogP contribution in [0.15, 0.2) is 12.4 Å². The van der Waals surface area contributed by atoms with Gasteiger partial charge in [-0.15, -0.1) is 0 Å². The Balaban J connectivity index is 2.60. The molecule has 0 radical (unpaired) electrons. The maximum atomic E-state index is 12.0. The summed E-state index contributed by atoms with van der Waals surface area (Å²) < 4.78 is 8.63. The molecule has 22 heavy (non-hydrogen) atoms. The molecule has 1 N–H and O–H groups in total. The van der Waals surface area contributed by atoms with Crippen LogP contribution in [0, 0.1) is 6.92 Å². The first kappa shape index (κ1) is 19.4. The van der Waals surface area contributed by atoms with Crippen molar-refractivity contribution in [2.24, 2.45) is 0 Å². The molecule has 124 valence electrons. The van der Waals surface area contributed by atoms with E-state index in [1.54, 1.807) is 24.3 Å². The Labute approximate surface area is 148 Å². The first-order valence-corrected chi connectivity index (χ1v) is 10.3. The van der Waals surface area contributed by atoms with E-state index in [0.717, 1.165) is 17.8 Å². The summed E-state index contributed by atoms with van der Waals surface area (Å²) in [5, 5.41) is 0. The van der Waals surface area contributed by atoms with Crippen molar-refractivity contribution in [3.8, 4) is 0 Å². The summed E-state index contributed by atoms with van der Waals surface area (Å²) in [6.07, 6.45) is 3.93. The molecule has 0 saturated carbocycles. The normalized spacial score (nSPS) is 12.8. The van der Waals surface area contributed by atoms with E-state index in [1.165, 1.54) is 9.12 Å². The molecular weight excluding hydrogens is 415 g/mol. The van der Waals surface area contributed by atoms with E-state index in [9.17, 15) is 4.79 Å². The highest BCUT2D eigenvalue weighted by Gasteiger charge is 2.21. The number of nitrogens with zero attached hydrogens (tertiary/aromatic N) is 3. The summed E-state index contributed by atoms with van der Waals surface area (Å²) in [6.45, 7) is 8.05. The van der Waals surface area contributed by atoms with Gasteiger partial charge in [0.25, 0.3) is 0 Å². The van der Waals surface area contributed by atoms with E-state index in [4.69, 9.17) is 4.74 Å². The molecule has 1 atom stereocenters. The molecule has 0 bridgehead atoms. The van der Waals surface area contributed by atoms with Crippen LogP contribution < -0.4 is 4.72 Å². The number of amides is 1. The highest BCUT2D eigenvalue weighted by atomic mass is 127. The van der Waals surface area contributed by atoms with Gasteiger partial charge in [0, 0.05) is 41.0 Å². The third-order valence-corrected chi connectivity index (χ3v) is 3.94. The van der Waals surface area contributed by atoms with Crippen LogP contribution in [0.2, 0.25) is 0 Å². The van der Waals surface area contributed by atoms with Crippen molar-refractivity contribution in [2.45, 2.75) is 45.8 Å². The topological polar surface area (TPSA) is 67.4 Å². The molecule has 0 aliphatic carbocycles. The van der Waals surface area contributed by atoms with Crippen LogP contribution in [-0.4, -0.2) is 40.2 Å². The highest BCUT2D eigenvalue weighted by molar-refractivity contribution is 14.2. The predicted molar refractivity (Wildman–Crippen MR) is 97.7 cm³/mol. The van der Waals surface area contributed by atoms with Gasteiger partial charge in [0.15, 0.2) is 0 Å². The Morgan fingerprint density at radius 2 is 2.14 bits per heavy atom. The molecule has 8 heteroatoms. The minimum Gasteiger partial charge on any atom is -0.444 e. The lowest BCUT2D eigenvalue weighted by molar-refractivity contribution is 0.0294. The van der Waals surface area contributed by atoms with Crippen molar-refractivity contribution in [2.75, 3.05) is 13.6 Å². The van der Waals surface area contributed by atoms with Gasteiger partial charge in [0.1, 0.15) is 5.60 Å². The minimum absolute atomic E-state index is 0.0277. The molecule has 1 aromatic rings. The lowest BCUT2D eigenvalue weighted by Crippen LogP contribution is -2.35. The zero-order valence-corrected chi connectivity index (χ0v) is 16.6. The summed E-state index contributed by atoms with van der Waals surface area (Å²) >= 11 is 2.18. The maximum Gasteiger partial charge on any atom is 0.410 e. The Bertz CT molecular complexity index is 479. The summed E-state index contributed by atoms with van der Waals surface area (Å²) in [4.78, 5) is 22.2. The average Bonchev–Trinajstić information content (AvgIpc) is 2.42. The number of carbonyl (C=O) groups excluding carboxylic acids is 1. The standard InChI is InChI=1S/C14H23IN4O2S/c1-10-8-17-12(9-16-10)11(18-22-15)6-7-19(5)13(20)21-14(2,3)4/h8-9,11,18H,6-7H2,1-5H3. The molecule has 6 nitrogen and oxygen atoms in total. The largest absolute Gasteiger partial charge is 0.444 e. The van der Waals surface area contributed by atoms with Crippen molar-refractivity contribution in [1.29, 1.82) is 0 Å². The number of hydrogen-bond acceptors (Lipinski definition) is 6. The number of nitrogens with one attached hydrogen (secondary N) is 1. The van der Waals surface area contributed by atoms with Gasteiger partial charge in [0.05, 0.1) is 23.6 Å². The van der Waals surface area contributed by atoms with Gasteiger partial charge < -0.3 is 9.64 Å². The van der Waals surface area contributed by atoms with Gasteiger partial charge in [-0.2, -0.15) is 0 Å². The van der Waals surface area contributed by atoms with Crippen molar-refractivity contribution >= 4 is 36.4 Å². The molecule has 1 aromatic heterocycles. The molecular formula is C14H23IN4O2S. The number of hydrogen-bond donors (Lipinski definition) is 1. The Morgan fingerprint density at radius 3 is 2.64 bits per heavy atom. The second-order valence-corrected chi connectivity index (χ2v) is 7.73. The first-order valence-electron chi connectivity index (χ1n) is 6.98. The molecule has 0 aliphatic heterocycles. The Kier molecular flexibility index (Phi) is 7.84. The number of halogens is 1. The molecule has 0 aliphatic rings. The number of ether oxygens (including phenoxy) is 1. The number of aromatic nitrogens is 2. The molecule has 0 spiro atoms. The van der Waals surface area contributed by atoms with E-state index in [-0.39, 0.29) is 12.1 Å². The first-order chi connectivity index (χ1) is 10.2. The average molecular weight is 438 g/mol. The zero-order valence-electron chi connectivity index (χ0n) is 13.6. The van der Waals surface area contributed by atoms with E-state index in [1.807, 2.05) is 27.7 Å². The summed E-state index contributed by atoms with van der Waals surface area (Å²) in [5.74, 6) is 0. The number of rotatable bonds is 6. The fourth-order valence-electron chi connectivity index (χ4n) is 1.66. The van der Waals surface area contributed by atoms with Gasteiger partial charge in [-0.3, -0.25) is 9.97 Å². The summed E-state index contributed by atoms with van der Waals surface area (Å²) in [7, 11) is 3.24. The fraction of sp³-hybridized carbons (Fsp3) is 0.643. The van der Waals surface area contributed by atoms with Crippen LogP contribution in [0.25, 0.3) is 0 Å². The van der Waals surface area contributed by atoms with Crippen LogP contribution in [0.4, 0.5) is 4.79 Å². The van der Waals surface area contributed by atoms with E-state index < -0.39 is 5.60 Å². The van der Waals surface area contributed by atoms with Gasteiger partial charge >= 0.3 is 6.09 Å². The van der Waals surface area contributed by atoms with E-state index in [0.29, 0.717) is 6.54 Å². The monoisotopic (exact) mass is 438 g/mol. The lowest BCUT2D eigenvalue weighted by atomic mass is 10.1. The van der Waals surface area contributed by atoms with Gasteiger partial charge in [-0.25, -0.2) is 9.52 Å². The van der Waals surface area contributed by atoms with Crippen molar-refractivity contribution in [3.63, 3.8) is 0 Å². The minimum atomic E-state index is -0.483. The highest BCUT2D eigenvalue weighted by Crippen LogP contribution is 2.20. The van der Waals surface area contributed by atoms with Crippen LogP contribution in [0.3, 0.4) is 0 Å². The van der Waals surface area contributed by atoms with Gasteiger partial charge in [-0.1, -0.05) is 0 Å². The lowest BCUT2D eigenvalue weighted by Gasteiger charge is -2.26. The molecule has 0 saturated heterocycles. The maximum absolute atomic E-state index is 12.0.